The summed E-state index contributed by atoms with van der Waals surface area (Å²) in [5.41, 5.74) is 5.93. The molecule has 2 amide bonds. The van der Waals surface area contributed by atoms with Crippen LogP contribution in [0.1, 0.15) is 27.8 Å². The molecule has 0 aliphatic heterocycles. The molecule has 0 unspecified atom stereocenters. The molecule has 0 bridgehead atoms. The first-order chi connectivity index (χ1) is 12.7. The van der Waals surface area contributed by atoms with Crippen LogP contribution in [0, 0.1) is 34.6 Å². The fraction of sp³-hybridized carbons (Fsp3) is 0.364. The lowest BCUT2D eigenvalue weighted by molar-refractivity contribution is -0.135. The number of hydrogen-bond donors (Lipinski definition) is 1. The number of rotatable bonds is 6. The van der Waals surface area contributed by atoms with Crippen molar-refractivity contribution in [3.8, 4) is 5.75 Å². The van der Waals surface area contributed by atoms with Crippen LogP contribution in [0.2, 0.25) is 0 Å². The first-order valence-corrected chi connectivity index (χ1v) is 8.99. The summed E-state index contributed by atoms with van der Waals surface area (Å²) in [7, 11) is 1.60. The lowest BCUT2D eigenvalue weighted by Gasteiger charge is -2.19. The fourth-order valence-corrected chi connectivity index (χ4v) is 3.13. The van der Waals surface area contributed by atoms with Gasteiger partial charge in [-0.3, -0.25) is 9.59 Å². The summed E-state index contributed by atoms with van der Waals surface area (Å²) in [5, 5.41) is 2.91. The number of likely N-dealkylation sites (N-methyl/N-ethyl adjacent to an activating group) is 1. The fourth-order valence-electron chi connectivity index (χ4n) is 3.13. The molecule has 5 heteroatoms. The van der Waals surface area contributed by atoms with Crippen LogP contribution < -0.4 is 10.1 Å². The van der Waals surface area contributed by atoms with E-state index in [0.717, 1.165) is 39.3 Å². The summed E-state index contributed by atoms with van der Waals surface area (Å²) in [6.45, 7) is 9.70. The Morgan fingerprint density at radius 1 is 0.963 bits per heavy atom. The third kappa shape index (κ3) is 5.33. The minimum Gasteiger partial charge on any atom is -0.483 e. The molecule has 2 aromatic carbocycles. The molecule has 27 heavy (non-hydrogen) atoms. The van der Waals surface area contributed by atoms with Crippen LogP contribution in [-0.2, 0) is 9.59 Å². The molecular formula is C22H28N2O3. The van der Waals surface area contributed by atoms with Gasteiger partial charge in [0.15, 0.2) is 6.61 Å². The summed E-state index contributed by atoms with van der Waals surface area (Å²) in [4.78, 5) is 26.1. The molecule has 0 saturated heterocycles. The second-order valence-corrected chi connectivity index (χ2v) is 7.08. The van der Waals surface area contributed by atoms with Crippen LogP contribution >= 0.6 is 0 Å². The van der Waals surface area contributed by atoms with Crippen LogP contribution in [0.15, 0.2) is 30.3 Å². The SMILES string of the molecule is Cc1cc(C)c(NC(=O)CN(C)C(=O)COc2c(C)cccc2C)c(C)c1. The topological polar surface area (TPSA) is 58.6 Å². The Morgan fingerprint density at radius 3 is 2.07 bits per heavy atom. The minimum absolute atomic E-state index is 0.0261. The number of benzene rings is 2. The summed E-state index contributed by atoms with van der Waals surface area (Å²) < 4.78 is 5.68. The average molecular weight is 368 g/mol. The molecule has 0 fully saturated rings. The number of nitrogens with zero attached hydrogens (tertiary/aromatic N) is 1. The molecule has 0 atom stereocenters. The van der Waals surface area contributed by atoms with Gasteiger partial charge in [-0.2, -0.15) is 0 Å². The number of hydrogen-bond acceptors (Lipinski definition) is 3. The smallest absolute Gasteiger partial charge is 0.260 e. The van der Waals surface area contributed by atoms with Crippen LogP contribution in [0.3, 0.4) is 0 Å². The van der Waals surface area contributed by atoms with E-state index in [0.29, 0.717) is 0 Å². The van der Waals surface area contributed by atoms with E-state index >= 15 is 0 Å². The highest BCUT2D eigenvalue weighted by Gasteiger charge is 2.16. The first-order valence-electron chi connectivity index (χ1n) is 8.99. The van der Waals surface area contributed by atoms with Gasteiger partial charge in [0.05, 0.1) is 6.54 Å². The molecule has 0 spiro atoms. The van der Waals surface area contributed by atoms with Crippen molar-refractivity contribution in [3.63, 3.8) is 0 Å². The van der Waals surface area contributed by atoms with E-state index in [4.69, 9.17) is 4.74 Å². The zero-order valence-electron chi connectivity index (χ0n) is 17.0. The molecule has 2 rings (SSSR count). The van der Waals surface area contributed by atoms with E-state index in [-0.39, 0.29) is 25.0 Å². The van der Waals surface area contributed by atoms with E-state index in [2.05, 4.69) is 5.32 Å². The van der Waals surface area contributed by atoms with Crippen molar-refractivity contribution in [2.45, 2.75) is 34.6 Å². The van der Waals surface area contributed by atoms with Crippen molar-refractivity contribution in [3.05, 3.63) is 58.1 Å². The highest BCUT2D eigenvalue weighted by Crippen LogP contribution is 2.23. The number of amides is 2. The molecule has 5 nitrogen and oxygen atoms in total. The van der Waals surface area contributed by atoms with Gasteiger partial charge in [-0.1, -0.05) is 35.9 Å². The van der Waals surface area contributed by atoms with Gasteiger partial charge in [0.2, 0.25) is 5.91 Å². The largest absolute Gasteiger partial charge is 0.483 e. The molecular weight excluding hydrogens is 340 g/mol. The zero-order chi connectivity index (χ0) is 20.1. The standard InChI is InChI=1S/C22H28N2O3/c1-14-10-17(4)21(18(5)11-14)23-19(25)12-24(6)20(26)13-27-22-15(2)8-7-9-16(22)3/h7-11H,12-13H2,1-6H3,(H,23,25). The van der Waals surface area contributed by atoms with Gasteiger partial charge in [-0.25, -0.2) is 0 Å². The van der Waals surface area contributed by atoms with E-state index in [1.165, 1.54) is 4.90 Å². The molecule has 1 N–H and O–H groups in total. The number of para-hydroxylation sites is 1. The average Bonchev–Trinajstić information content (AvgIpc) is 2.57. The van der Waals surface area contributed by atoms with Crippen molar-refractivity contribution in [1.29, 1.82) is 0 Å². The van der Waals surface area contributed by atoms with Crippen LogP contribution in [0.5, 0.6) is 5.75 Å². The minimum atomic E-state index is -0.245. The first kappa shape index (κ1) is 20.5. The summed E-state index contributed by atoms with van der Waals surface area (Å²) >= 11 is 0. The summed E-state index contributed by atoms with van der Waals surface area (Å²) in [6, 6.07) is 9.88. The van der Waals surface area contributed by atoms with Gasteiger partial charge in [-0.05, 0) is 56.9 Å². The maximum Gasteiger partial charge on any atom is 0.260 e. The Hall–Kier alpha value is -2.82. The van der Waals surface area contributed by atoms with Gasteiger partial charge in [0.1, 0.15) is 5.75 Å². The predicted octanol–water partition coefficient (Wildman–Crippen LogP) is 3.70. The third-order valence-electron chi connectivity index (χ3n) is 4.50. The number of nitrogens with one attached hydrogen (secondary N) is 1. The normalized spacial score (nSPS) is 10.4. The van der Waals surface area contributed by atoms with Crippen molar-refractivity contribution in [2.24, 2.45) is 0 Å². The molecule has 2 aromatic rings. The Kier molecular flexibility index (Phi) is 6.61. The van der Waals surface area contributed by atoms with Gasteiger partial charge in [0.25, 0.3) is 5.91 Å². The van der Waals surface area contributed by atoms with Crippen molar-refractivity contribution in [1.82, 2.24) is 4.90 Å². The third-order valence-corrected chi connectivity index (χ3v) is 4.50. The molecule has 0 heterocycles. The maximum atomic E-state index is 12.4. The maximum absolute atomic E-state index is 12.4. The van der Waals surface area contributed by atoms with Gasteiger partial charge < -0.3 is 15.0 Å². The van der Waals surface area contributed by atoms with Crippen LogP contribution in [0.25, 0.3) is 0 Å². The van der Waals surface area contributed by atoms with Crippen molar-refractivity contribution >= 4 is 17.5 Å². The zero-order valence-corrected chi connectivity index (χ0v) is 17.0. The van der Waals surface area contributed by atoms with Crippen LogP contribution in [-0.4, -0.2) is 36.9 Å². The molecule has 0 radical (unpaired) electrons. The number of aryl methyl sites for hydroxylation is 5. The second-order valence-electron chi connectivity index (χ2n) is 7.08. The van der Waals surface area contributed by atoms with Gasteiger partial charge in [0, 0.05) is 12.7 Å². The number of anilines is 1. The Labute approximate surface area is 161 Å². The predicted molar refractivity (Wildman–Crippen MR) is 108 cm³/mol. The van der Waals surface area contributed by atoms with Crippen LogP contribution in [0.4, 0.5) is 5.69 Å². The molecule has 144 valence electrons. The summed E-state index contributed by atoms with van der Waals surface area (Å²) in [5.74, 6) is 0.243. The molecule has 0 aromatic heterocycles. The highest BCUT2D eigenvalue weighted by atomic mass is 16.5. The van der Waals surface area contributed by atoms with E-state index in [9.17, 15) is 9.59 Å². The molecule has 0 aliphatic carbocycles. The lowest BCUT2D eigenvalue weighted by atomic mass is 10.1. The Morgan fingerprint density at radius 2 is 1.52 bits per heavy atom. The van der Waals surface area contributed by atoms with E-state index < -0.39 is 0 Å². The lowest BCUT2D eigenvalue weighted by Crippen LogP contribution is -2.37. The van der Waals surface area contributed by atoms with Gasteiger partial charge in [-0.15, -0.1) is 0 Å². The number of ether oxygens (including phenoxy) is 1. The highest BCUT2D eigenvalue weighted by molar-refractivity contribution is 5.95. The monoisotopic (exact) mass is 368 g/mol. The molecule has 0 saturated carbocycles. The number of carbonyl (C=O) groups excluding carboxylic acids is 2. The quantitative estimate of drug-likeness (QED) is 0.846. The van der Waals surface area contributed by atoms with Gasteiger partial charge >= 0.3 is 0 Å². The Balaban J connectivity index is 1.93. The number of carbonyl (C=O) groups is 2. The Bertz CT molecular complexity index is 815. The van der Waals surface area contributed by atoms with Crippen molar-refractivity contribution < 1.29 is 14.3 Å². The summed E-state index contributed by atoms with van der Waals surface area (Å²) in [6.07, 6.45) is 0. The van der Waals surface area contributed by atoms with E-state index in [1.807, 2.05) is 65.0 Å². The van der Waals surface area contributed by atoms with Crippen molar-refractivity contribution in [2.75, 3.05) is 25.5 Å². The van der Waals surface area contributed by atoms with E-state index in [1.54, 1.807) is 7.05 Å². The second kappa shape index (κ2) is 8.71. The molecule has 0 aliphatic rings.